The predicted octanol–water partition coefficient (Wildman–Crippen LogP) is 2.88. The van der Waals surface area contributed by atoms with Crippen molar-refractivity contribution in [2.45, 2.75) is 44.9 Å². The van der Waals surface area contributed by atoms with Crippen LogP contribution in [0.25, 0.3) is 0 Å². The topological polar surface area (TPSA) is 55.1 Å². The summed E-state index contributed by atoms with van der Waals surface area (Å²) in [6.07, 6.45) is 8.01. The Morgan fingerprint density at radius 3 is 2.80 bits per heavy atom. The first-order valence-electron chi connectivity index (χ1n) is 7.90. The van der Waals surface area contributed by atoms with Crippen LogP contribution < -0.4 is 11.1 Å². The number of fused-ring (bicyclic) bond motifs is 1. The first-order chi connectivity index (χ1) is 9.78. The highest BCUT2D eigenvalue weighted by Crippen LogP contribution is 2.31. The molecule has 2 aliphatic carbocycles. The van der Waals surface area contributed by atoms with Gasteiger partial charge in [0, 0.05) is 11.6 Å². The third-order valence-electron chi connectivity index (χ3n) is 4.91. The Morgan fingerprint density at radius 1 is 1.15 bits per heavy atom. The molecule has 0 saturated heterocycles. The molecule has 1 fully saturated rings. The number of rotatable bonds is 3. The minimum Gasteiger partial charge on any atom is -0.330 e. The average molecular weight is 272 g/mol. The summed E-state index contributed by atoms with van der Waals surface area (Å²) in [5.41, 5.74) is 9.62. The van der Waals surface area contributed by atoms with E-state index in [1.165, 1.54) is 30.4 Å². The van der Waals surface area contributed by atoms with Crippen molar-refractivity contribution >= 4 is 11.6 Å². The van der Waals surface area contributed by atoms with Crippen LogP contribution in [-0.4, -0.2) is 12.5 Å². The van der Waals surface area contributed by atoms with Gasteiger partial charge in [-0.3, -0.25) is 4.79 Å². The van der Waals surface area contributed by atoms with E-state index in [2.05, 4.69) is 17.4 Å². The molecule has 3 nitrogen and oxygen atoms in total. The summed E-state index contributed by atoms with van der Waals surface area (Å²) >= 11 is 0. The molecule has 2 unspecified atom stereocenters. The van der Waals surface area contributed by atoms with Gasteiger partial charge >= 0.3 is 0 Å². The van der Waals surface area contributed by atoms with Crippen molar-refractivity contribution in [1.29, 1.82) is 0 Å². The second-order valence-electron chi connectivity index (χ2n) is 6.21. The van der Waals surface area contributed by atoms with Crippen molar-refractivity contribution in [3.8, 4) is 0 Å². The SMILES string of the molecule is NCC1CCCCC1C(=O)Nc1ccc2c(c1)CCC2. The number of carbonyl (C=O) groups is 1. The number of nitrogens with one attached hydrogen (secondary N) is 1. The zero-order valence-corrected chi connectivity index (χ0v) is 12.0. The second-order valence-corrected chi connectivity index (χ2v) is 6.21. The van der Waals surface area contributed by atoms with Gasteiger partial charge in [0.05, 0.1) is 0 Å². The van der Waals surface area contributed by atoms with Crippen molar-refractivity contribution in [3.05, 3.63) is 29.3 Å². The van der Waals surface area contributed by atoms with Crippen LogP contribution >= 0.6 is 0 Å². The lowest BCUT2D eigenvalue weighted by Crippen LogP contribution is -2.35. The molecule has 0 aliphatic heterocycles. The summed E-state index contributed by atoms with van der Waals surface area (Å²) in [7, 11) is 0. The van der Waals surface area contributed by atoms with E-state index in [0.29, 0.717) is 12.5 Å². The number of carbonyl (C=O) groups excluding carboxylic acids is 1. The van der Waals surface area contributed by atoms with Crippen molar-refractivity contribution in [2.75, 3.05) is 11.9 Å². The van der Waals surface area contributed by atoms with E-state index in [4.69, 9.17) is 5.73 Å². The Morgan fingerprint density at radius 2 is 1.95 bits per heavy atom. The first-order valence-corrected chi connectivity index (χ1v) is 7.90. The highest BCUT2D eigenvalue weighted by molar-refractivity contribution is 5.93. The van der Waals surface area contributed by atoms with E-state index in [0.717, 1.165) is 31.4 Å². The molecule has 0 radical (unpaired) electrons. The Hall–Kier alpha value is -1.35. The third kappa shape index (κ3) is 2.73. The van der Waals surface area contributed by atoms with E-state index in [9.17, 15) is 4.79 Å². The number of nitrogens with two attached hydrogens (primary N) is 1. The van der Waals surface area contributed by atoms with Crippen LogP contribution in [-0.2, 0) is 17.6 Å². The van der Waals surface area contributed by atoms with Crippen molar-refractivity contribution < 1.29 is 4.79 Å². The standard InChI is InChI=1S/C17H24N2O/c18-11-14-4-1-2-7-16(14)17(20)19-15-9-8-12-5-3-6-13(12)10-15/h8-10,14,16H,1-7,11,18H2,(H,19,20). The van der Waals surface area contributed by atoms with E-state index in [-0.39, 0.29) is 11.8 Å². The molecule has 3 heteroatoms. The molecule has 3 N–H and O–H groups in total. The largest absolute Gasteiger partial charge is 0.330 e. The quantitative estimate of drug-likeness (QED) is 0.889. The summed E-state index contributed by atoms with van der Waals surface area (Å²) in [6.45, 7) is 0.627. The Labute approximate surface area is 120 Å². The lowest BCUT2D eigenvalue weighted by Gasteiger charge is -2.29. The van der Waals surface area contributed by atoms with Crippen molar-refractivity contribution in [2.24, 2.45) is 17.6 Å². The summed E-state index contributed by atoms with van der Waals surface area (Å²) in [6, 6.07) is 6.36. The molecule has 108 valence electrons. The number of amides is 1. The molecule has 0 heterocycles. The van der Waals surface area contributed by atoms with E-state index in [1.54, 1.807) is 0 Å². The Balaban J connectivity index is 1.69. The van der Waals surface area contributed by atoms with Crippen LogP contribution in [0.1, 0.15) is 43.2 Å². The average Bonchev–Trinajstić information content (AvgIpc) is 2.94. The molecule has 2 aliphatic rings. The fourth-order valence-electron chi connectivity index (χ4n) is 3.72. The maximum Gasteiger partial charge on any atom is 0.227 e. The molecule has 1 saturated carbocycles. The third-order valence-corrected chi connectivity index (χ3v) is 4.91. The smallest absolute Gasteiger partial charge is 0.227 e. The summed E-state index contributed by atoms with van der Waals surface area (Å²) in [5.74, 6) is 0.623. The van der Waals surface area contributed by atoms with Gasteiger partial charge in [-0.05, 0) is 67.8 Å². The van der Waals surface area contributed by atoms with Crippen LogP contribution in [0.4, 0.5) is 5.69 Å². The Kier molecular flexibility index (Phi) is 4.06. The van der Waals surface area contributed by atoms with E-state index >= 15 is 0 Å². The zero-order chi connectivity index (χ0) is 13.9. The molecule has 3 rings (SSSR count). The number of benzene rings is 1. The summed E-state index contributed by atoms with van der Waals surface area (Å²) in [4.78, 5) is 12.5. The molecule has 0 spiro atoms. The van der Waals surface area contributed by atoms with Crippen LogP contribution in [0.15, 0.2) is 18.2 Å². The fourth-order valence-corrected chi connectivity index (χ4v) is 3.72. The molecule has 0 aromatic heterocycles. The van der Waals surface area contributed by atoms with Gasteiger partial charge in [0.1, 0.15) is 0 Å². The Bertz CT molecular complexity index is 498. The predicted molar refractivity (Wildman–Crippen MR) is 81.6 cm³/mol. The van der Waals surface area contributed by atoms with Crippen LogP contribution in [0, 0.1) is 11.8 Å². The fraction of sp³-hybridized carbons (Fsp3) is 0.588. The molecule has 0 bridgehead atoms. The minimum atomic E-state index is 0.0991. The first kappa shape index (κ1) is 13.6. The van der Waals surface area contributed by atoms with Gasteiger partial charge in [0.25, 0.3) is 0 Å². The van der Waals surface area contributed by atoms with E-state index in [1.807, 2.05) is 6.07 Å². The van der Waals surface area contributed by atoms with Gasteiger partial charge in [-0.25, -0.2) is 0 Å². The lowest BCUT2D eigenvalue weighted by atomic mass is 9.78. The molecule has 1 aromatic rings. The number of hydrogen-bond acceptors (Lipinski definition) is 2. The van der Waals surface area contributed by atoms with Crippen LogP contribution in [0.2, 0.25) is 0 Å². The van der Waals surface area contributed by atoms with E-state index < -0.39 is 0 Å². The monoisotopic (exact) mass is 272 g/mol. The summed E-state index contributed by atoms with van der Waals surface area (Å²) in [5, 5.41) is 3.11. The zero-order valence-electron chi connectivity index (χ0n) is 12.0. The lowest BCUT2D eigenvalue weighted by molar-refractivity contribution is -0.122. The normalized spacial score (nSPS) is 25.2. The number of anilines is 1. The van der Waals surface area contributed by atoms with Gasteiger partial charge in [0.2, 0.25) is 5.91 Å². The van der Waals surface area contributed by atoms with Gasteiger partial charge in [-0.2, -0.15) is 0 Å². The van der Waals surface area contributed by atoms with Crippen LogP contribution in [0.5, 0.6) is 0 Å². The molecule has 1 amide bonds. The number of hydrogen-bond donors (Lipinski definition) is 2. The van der Waals surface area contributed by atoms with Gasteiger partial charge < -0.3 is 11.1 Å². The second kappa shape index (κ2) is 5.96. The highest BCUT2D eigenvalue weighted by Gasteiger charge is 2.30. The van der Waals surface area contributed by atoms with Gasteiger partial charge in [0.15, 0.2) is 0 Å². The molecule has 20 heavy (non-hydrogen) atoms. The molecular formula is C17H24N2O. The molecule has 1 aromatic carbocycles. The maximum absolute atomic E-state index is 12.5. The minimum absolute atomic E-state index is 0.0991. The van der Waals surface area contributed by atoms with Gasteiger partial charge in [-0.1, -0.05) is 18.9 Å². The van der Waals surface area contributed by atoms with Gasteiger partial charge in [-0.15, -0.1) is 0 Å². The highest BCUT2D eigenvalue weighted by atomic mass is 16.1. The maximum atomic E-state index is 12.5. The van der Waals surface area contributed by atoms with Crippen LogP contribution in [0.3, 0.4) is 0 Å². The van der Waals surface area contributed by atoms with Crippen molar-refractivity contribution in [3.63, 3.8) is 0 Å². The number of aryl methyl sites for hydroxylation is 2. The molecular weight excluding hydrogens is 248 g/mol. The summed E-state index contributed by atoms with van der Waals surface area (Å²) < 4.78 is 0. The molecule has 2 atom stereocenters. The van der Waals surface area contributed by atoms with Crippen molar-refractivity contribution in [1.82, 2.24) is 0 Å².